The fourth-order valence-electron chi connectivity index (χ4n) is 2.35. The molecule has 3 N–H and O–H groups in total. The minimum Gasteiger partial charge on any atom is -0.480 e. The normalized spacial score (nSPS) is 10.8. The first-order valence-electron chi connectivity index (χ1n) is 7.62. The van der Waals surface area contributed by atoms with Gasteiger partial charge in [-0.1, -0.05) is 18.2 Å². The van der Waals surface area contributed by atoms with Crippen LogP contribution in [0.2, 0.25) is 0 Å². The van der Waals surface area contributed by atoms with E-state index in [1.165, 1.54) is 4.90 Å². The summed E-state index contributed by atoms with van der Waals surface area (Å²) < 4.78 is 0. The number of H-pyrrole nitrogens is 1. The number of carboxylic acids is 1. The lowest BCUT2D eigenvalue weighted by atomic mass is 10.2. The van der Waals surface area contributed by atoms with Crippen molar-refractivity contribution in [3.8, 4) is 0 Å². The third-order valence-corrected chi connectivity index (χ3v) is 3.56. The Morgan fingerprint density at radius 1 is 1.29 bits per heavy atom. The zero-order valence-corrected chi connectivity index (χ0v) is 13.6. The smallest absolute Gasteiger partial charge is 0.323 e. The molecule has 0 fully saturated rings. The van der Waals surface area contributed by atoms with E-state index in [1.54, 1.807) is 19.9 Å². The molecule has 128 valence electrons. The van der Waals surface area contributed by atoms with Gasteiger partial charge in [-0.05, 0) is 19.9 Å². The van der Waals surface area contributed by atoms with Crippen LogP contribution in [0.3, 0.4) is 0 Å². The molecule has 0 saturated heterocycles. The van der Waals surface area contributed by atoms with E-state index >= 15 is 0 Å². The second-order valence-electron chi connectivity index (χ2n) is 5.63. The Morgan fingerprint density at radius 2 is 2.00 bits per heavy atom. The molecule has 2 rings (SSSR count). The van der Waals surface area contributed by atoms with Crippen molar-refractivity contribution < 1.29 is 19.5 Å². The highest BCUT2D eigenvalue weighted by Crippen LogP contribution is 2.14. The molecular formula is C16H20N4O4. The fourth-order valence-corrected chi connectivity index (χ4v) is 2.35. The lowest BCUT2D eigenvalue weighted by molar-refractivity contribution is -0.145. The number of hydrogen-bond donors (Lipinski definition) is 3. The minimum atomic E-state index is -1.07. The Labute approximate surface area is 138 Å². The van der Waals surface area contributed by atoms with Crippen molar-refractivity contribution in [1.29, 1.82) is 0 Å². The molecule has 0 atom stereocenters. The van der Waals surface area contributed by atoms with Crippen molar-refractivity contribution in [3.05, 3.63) is 30.0 Å². The predicted octanol–water partition coefficient (Wildman–Crippen LogP) is 1.00. The highest BCUT2D eigenvalue weighted by atomic mass is 16.4. The standard InChI is InChI=1S/C16H20N4O4/c1-10(2)20(9-14(22)23)13(21)7-8-17-16(24)15-11-5-3-4-6-12(11)18-19-15/h3-6,10H,7-9H2,1-2H3,(H,17,24)(H,18,19)(H,22,23). The zero-order valence-electron chi connectivity index (χ0n) is 13.6. The Hall–Kier alpha value is -2.90. The number of carboxylic acid groups (broad SMARTS) is 1. The van der Waals surface area contributed by atoms with Gasteiger partial charge in [0.1, 0.15) is 6.54 Å². The number of rotatable bonds is 7. The van der Waals surface area contributed by atoms with E-state index < -0.39 is 5.97 Å². The van der Waals surface area contributed by atoms with Crippen LogP contribution in [0.15, 0.2) is 24.3 Å². The summed E-state index contributed by atoms with van der Waals surface area (Å²) in [6.07, 6.45) is 0.0273. The first kappa shape index (κ1) is 17.5. The van der Waals surface area contributed by atoms with Gasteiger partial charge in [-0.2, -0.15) is 5.10 Å². The van der Waals surface area contributed by atoms with E-state index in [9.17, 15) is 14.4 Å². The average molecular weight is 332 g/mol. The molecule has 0 radical (unpaired) electrons. The summed E-state index contributed by atoms with van der Waals surface area (Å²) in [7, 11) is 0. The summed E-state index contributed by atoms with van der Waals surface area (Å²) in [5.74, 6) is -1.77. The molecule has 1 aromatic heterocycles. The largest absolute Gasteiger partial charge is 0.480 e. The summed E-state index contributed by atoms with van der Waals surface area (Å²) in [5.41, 5.74) is 1.02. The van der Waals surface area contributed by atoms with Gasteiger partial charge in [0.15, 0.2) is 5.69 Å². The molecule has 0 bridgehead atoms. The third-order valence-electron chi connectivity index (χ3n) is 3.56. The number of aromatic amines is 1. The molecule has 0 aliphatic carbocycles. The van der Waals surface area contributed by atoms with Gasteiger partial charge in [0.05, 0.1) is 5.52 Å². The van der Waals surface area contributed by atoms with E-state index in [2.05, 4.69) is 15.5 Å². The van der Waals surface area contributed by atoms with E-state index in [4.69, 9.17) is 5.11 Å². The number of nitrogens with zero attached hydrogens (tertiary/aromatic N) is 2. The van der Waals surface area contributed by atoms with E-state index in [0.717, 1.165) is 5.52 Å². The van der Waals surface area contributed by atoms with Crippen LogP contribution in [0.1, 0.15) is 30.8 Å². The van der Waals surface area contributed by atoms with Crippen molar-refractivity contribution >= 4 is 28.7 Å². The number of carbonyl (C=O) groups excluding carboxylic acids is 2. The Balaban J connectivity index is 1.92. The molecule has 24 heavy (non-hydrogen) atoms. The van der Waals surface area contributed by atoms with Crippen LogP contribution >= 0.6 is 0 Å². The monoisotopic (exact) mass is 332 g/mol. The lowest BCUT2D eigenvalue weighted by Gasteiger charge is -2.24. The molecule has 1 aromatic carbocycles. The van der Waals surface area contributed by atoms with Crippen LogP contribution in [0.5, 0.6) is 0 Å². The predicted molar refractivity (Wildman–Crippen MR) is 87.5 cm³/mol. The fraction of sp³-hybridized carbons (Fsp3) is 0.375. The van der Waals surface area contributed by atoms with Crippen molar-refractivity contribution in [2.45, 2.75) is 26.3 Å². The molecule has 0 aliphatic rings. The topological polar surface area (TPSA) is 115 Å². The summed E-state index contributed by atoms with van der Waals surface area (Å²) in [6, 6.07) is 7.02. The molecule has 2 amide bonds. The number of hydrogen-bond acceptors (Lipinski definition) is 4. The van der Waals surface area contributed by atoms with E-state index in [0.29, 0.717) is 5.39 Å². The van der Waals surface area contributed by atoms with Gasteiger partial charge in [-0.25, -0.2) is 0 Å². The van der Waals surface area contributed by atoms with Crippen molar-refractivity contribution in [2.24, 2.45) is 0 Å². The zero-order chi connectivity index (χ0) is 17.7. The molecule has 0 spiro atoms. The minimum absolute atomic E-state index is 0.0273. The quantitative estimate of drug-likeness (QED) is 0.700. The van der Waals surface area contributed by atoms with Gasteiger partial charge < -0.3 is 15.3 Å². The maximum absolute atomic E-state index is 12.2. The Kier molecular flexibility index (Phi) is 5.51. The van der Waals surface area contributed by atoms with Crippen LogP contribution in [0.4, 0.5) is 0 Å². The van der Waals surface area contributed by atoms with Crippen LogP contribution < -0.4 is 5.32 Å². The summed E-state index contributed by atoms with van der Waals surface area (Å²) in [4.78, 5) is 36.3. The van der Waals surface area contributed by atoms with Crippen molar-refractivity contribution in [1.82, 2.24) is 20.4 Å². The highest BCUT2D eigenvalue weighted by Gasteiger charge is 2.20. The molecule has 0 aliphatic heterocycles. The second kappa shape index (κ2) is 7.58. The summed E-state index contributed by atoms with van der Waals surface area (Å²) in [6.45, 7) is 3.25. The molecule has 0 saturated carbocycles. The third kappa shape index (κ3) is 4.09. The summed E-state index contributed by atoms with van der Waals surface area (Å²) >= 11 is 0. The average Bonchev–Trinajstić information content (AvgIpc) is 2.96. The van der Waals surface area contributed by atoms with Crippen LogP contribution in [0.25, 0.3) is 10.9 Å². The van der Waals surface area contributed by atoms with E-state index in [1.807, 2.05) is 18.2 Å². The number of carbonyl (C=O) groups is 3. The van der Waals surface area contributed by atoms with Gasteiger partial charge in [-0.3, -0.25) is 19.5 Å². The van der Waals surface area contributed by atoms with Gasteiger partial charge in [0.2, 0.25) is 5.91 Å². The van der Waals surface area contributed by atoms with Gasteiger partial charge >= 0.3 is 5.97 Å². The van der Waals surface area contributed by atoms with Gasteiger partial charge in [-0.15, -0.1) is 0 Å². The molecule has 8 heteroatoms. The van der Waals surface area contributed by atoms with Gasteiger partial charge in [0, 0.05) is 24.4 Å². The SMILES string of the molecule is CC(C)N(CC(=O)O)C(=O)CCNC(=O)c1n[nH]c2ccccc12. The molecule has 1 heterocycles. The number of fused-ring (bicyclic) bond motifs is 1. The van der Waals surface area contributed by atoms with Crippen LogP contribution in [-0.4, -0.2) is 57.1 Å². The first-order chi connectivity index (χ1) is 11.4. The van der Waals surface area contributed by atoms with Crippen molar-refractivity contribution in [2.75, 3.05) is 13.1 Å². The molecule has 8 nitrogen and oxygen atoms in total. The lowest BCUT2D eigenvalue weighted by Crippen LogP contribution is -2.42. The highest BCUT2D eigenvalue weighted by molar-refractivity contribution is 6.04. The molecular weight excluding hydrogens is 312 g/mol. The number of para-hydroxylation sites is 1. The molecule has 0 unspecified atom stereocenters. The number of aromatic nitrogens is 2. The van der Waals surface area contributed by atoms with Gasteiger partial charge in [0.25, 0.3) is 5.91 Å². The number of nitrogens with one attached hydrogen (secondary N) is 2. The maximum Gasteiger partial charge on any atom is 0.323 e. The van der Waals surface area contributed by atoms with Crippen molar-refractivity contribution in [3.63, 3.8) is 0 Å². The number of aliphatic carboxylic acids is 1. The maximum atomic E-state index is 12.2. The van der Waals surface area contributed by atoms with E-state index in [-0.39, 0.29) is 43.1 Å². The number of amides is 2. The van der Waals surface area contributed by atoms with Crippen LogP contribution in [0, 0.1) is 0 Å². The Bertz CT molecular complexity index is 753. The Morgan fingerprint density at radius 3 is 2.67 bits per heavy atom. The number of benzene rings is 1. The molecule has 2 aromatic rings. The first-order valence-corrected chi connectivity index (χ1v) is 7.62. The second-order valence-corrected chi connectivity index (χ2v) is 5.63. The summed E-state index contributed by atoms with van der Waals surface area (Å²) in [5, 5.41) is 18.9. The van der Waals surface area contributed by atoms with Crippen LogP contribution in [-0.2, 0) is 9.59 Å².